The fraction of sp³-hybridized carbons (Fsp3) is 0.0789. The van der Waals surface area contributed by atoms with E-state index in [2.05, 4.69) is 123 Å². The molecule has 1 heterocycles. The van der Waals surface area contributed by atoms with E-state index in [9.17, 15) is 0 Å². The minimum Gasteiger partial charge on any atom is -0.208 e. The molecule has 0 saturated heterocycles. The lowest BCUT2D eigenvalue weighted by molar-refractivity contribution is 0.666. The maximum absolute atomic E-state index is 5.06. The minimum absolute atomic E-state index is 0.103. The van der Waals surface area contributed by atoms with Gasteiger partial charge in [-0.05, 0) is 55.9 Å². The van der Waals surface area contributed by atoms with E-state index in [0.29, 0.717) is 17.5 Å². The van der Waals surface area contributed by atoms with E-state index >= 15 is 0 Å². The van der Waals surface area contributed by atoms with Crippen molar-refractivity contribution in [3.8, 4) is 45.3 Å². The molecule has 0 bridgehead atoms. The van der Waals surface area contributed by atoms with Crippen molar-refractivity contribution in [2.24, 2.45) is 0 Å². The molecule has 0 N–H and O–H groups in total. The molecule has 41 heavy (non-hydrogen) atoms. The van der Waals surface area contributed by atoms with Gasteiger partial charge in [0, 0.05) is 22.1 Å². The lowest BCUT2D eigenvalue weighted by Crippen LogP contribution is -2.15. The highest BCUT2D eigenvalue weighted by Crippen LogP contribution is 2.51. The zero-order chi connectivity index (χ0) is 27.6. The molecule has 0 amide bonds. The second kappa shape index (κ2) is 8.94. The van der Waals surface area contributed by atoms with Crippen molar-refractivity contribution in [1.29, 1.82) is 0 Å². The lowest BCUT2D eigenvalue weighted by Gasteiger charge is -2.23. The molecular formula is C38H27N3. The van der Waals surface area contributed by atoms with E-state index in [0.717, 1.165) is 22.1 Å². The topological polar surface area (TPSA) is 38.7 Å². The molecule has 194 valence electrons. The molecule has 3 heteroatoms. The molecule has 0 unspecified atom stereocenters. The van der Waals surface area contributed by atoms with Crippen LogP contribution in [0.5, 0.6) is 0 Å². The molecule has 1 aliphatic rings. The molecule has 0 radical (unpaired) electrons. The Morgan fingerprint density at radius 1 is 0.439 bits per heavy atom. The summed E-state index contributed by atoms with van der Waals surface area (Å²) in [6.45, 7) is 4.66. The summed E-state index contributed by atoms with van der Waals surface area (Å²) in [5, 5.41) is 4.83. The molecule has 6 aromatic carbocycles. The first kappa shape index (κ1) is 23.7. The molecule has 0 saturated carbocycles. The van der Waals surface area contributed by atoms with Gasteiger partial charge < -0.3 is 0 Å². The summed E-state index contributed by atoms with van der Waals surface area (Å²) in [5.41, 5.74) is 8.20. The van der Waals surface area contributed by atoms with Crippen molar-refractivity contribution >= 4 is 21.5 Å². The number of benzene rings is 6. The van der Waals surface area contributed by atoms with Crippen LogP contribution < -0.4 is 0 Å². The van der Waals surface area contributed by atoms with Crippen LogP contribution >= 0.6 is 0 Å². The van der Waals surface area contributed by atoms with Crippen LogP contribution in [0.2, 0.25) is 0 Å². The predicted octanol–water partition coefficient (Wildman–Crippen LogP) is 9.49. The lowest BCUT2D eigenvalue weighted by atomic mass is 9.80. The van der Waals surface area contributed by atoms with Gasteiger partial charge in [0.2, 0.25) is 0 Å². The first-order chi connectivity index (χ1) is 20.1. The Morgan fingerprint density at radius 2 is 1.02 bits per heavy atom. The summed E-state index contributed by atoms with van der Waals surface area (Å²) in [6.07, 6.45) is 0. The first-order valence-electron chi connectivity index (χ1n) is 14.0. The standard InChI is InChI=1S/C38H27N3/c1-38(2)33-15-9-8-14-30(33)31-21-20-25-17-19-29(23-32(25)34(31)38)37-40-35(26-11-4-3-5-12-26)39-36(41-37)28-18-16-24-10-6-7-13-27(24)22-28/h3-23H,1-2H3. The van der Waals surface area contributed by atoms with Crippen LogP contribution in [0.15, 0.2) is 127 Å². The quantitative estimate of drug-likeness (QED) is 0.231. The van der Waals surface area contributed by atoms with E-state index in [1.807, 2.05) is 18.2 Å². The van der Waals surface area contributed by atoms with E-state index in [1.165, 1.54) is 38.4 Å². The second-order valence-corrected chi connectivity index (χ2v) is 11.3. The monoisotopic (exact) mass is 525 g/mol. The molecular weight excluding hydrogens is 498 g/mol. The molecule has 1 aliphatic carbocycles. The van der Waals surface area contributed by atoms with E-state index in [1.54, 1.807) is 0 Å². The van der Waals surface area contributed by atoms with Crippen molar-refractivity contribution in [2.75, 3.05) is 0 Å². The van der Waals surface area contributed by atoms with Crippen LogP contribution in [0.3, 0.4) is 0 Å². The molecule has 0 spiro atoms. The third-order valence-electron chi connectivity index (χ3n) is 8.47. The first-order valence-corrected chi connectivity index (χ1v) is 14.0. The van der Waals surface area contributed by atoms with Crippen LogP contribution in [0.1, 0.15) is 25.0 Å². The Hall–Kier alpha value is -5.15. The van der Waals surface area contributed by atoms with E-state index in [-0.39, 0.29) is 5.41 Å². The third kappa shape index (κ3) is 3.77. The number of nitrogens with zero attached hydrogens (tertiary/aromatic N) is 3. The van der Waals surface area contributed by atoms with Gasteiger partial charge in [0.15, 0.2) is 17.5 Å². The molecule has 0 fully saturated rings. The Bertz CT molecular complexity index is 2130. The highest BCUT2D eigenvalue weighted by atomic mass is 15.0. The summed E-state index contributed by atoms with van der Waals surface area (Å²) in [6, 6.07) is 44.8. The maximum Gasteiger partial charge on any atom is 0.164 e. The fourth-order valence-electron chi connectivity index (χ4n) is 6.43. The Morgan fingerprint density at radius 3 is 1.80 bits per heavy atom. The zero-order valence-electron chi connectivity index (χ0n) is 23.0. The van der Waals surface area contributed by atoms with E-state index < -0.39 is 0 Å². The summed E-state index contributed by atoms with van der Waals surface area (Å²) in [4.78, 5) is 15.0. The van der Waals surface area contributed by atoms with Gasteiger partial charge in [-0.2, -0.15) is 0 Å². The highest BCUT2D eigenvalue weighted by Gasteiger charge is 2.36. The van der Waals surface area contributed by atoms with Crippen molar-refractivity contribution < 1.29 is 0 Å². The van der Waals surface area contributed by atoms with Gasteiger partial charge in [0.1, 0.15) is 0 Å². The summed E-state index contributed by atoms with van der Waals surface area (Å²) >= 11 is 0. The zero-order valence-corrected chi connectivity index (χ0v) is 23.0. The maximum atomic E-state index is 5.06. The molecule has 0 aliphatic heterocycles. The van der Waals surface area contributed by atoms with Crippen molar-refractivity contribution in [2.45, 2.75) is 19.3 Å². The molecule has 3 nitrogen and oxygen atoms in total. The Labute approximate surface area is 239 Å². The number of rotatable bonds is 3. The van der Waals surface area contributed by atoms with Gasteiger partial charge >= 0.3 is 0 Å². The number of aromatic nitrogens is 3. The normalized spacial score (nSPS) is 13.3. The Kier molecular flexibility index (Phi) is 5.17. The third-order valence-corrected chi connectivity index (χ3v) is 8.47. The van der Waals surface area contributed by atoms with Gasteiger partial charge in [0.05, 0.1) is 0 Å². The van der Waals surface area contributed by atoms with Gasteiger partial charge in [-0.15, -0.1) is 0 Å². The smallest absolute Gasteiger partial charge is 0.164 e. The largest absolute Gasteiger partial charge is 0.208 e. The summed E-state index contributed by atoms with van der Waals surface area (Å²) in [7, 11) is 0. The average Bonchev–Trinajstić information content (AvgIpc) is 3.27. The van der Waals surface area contributed by atoms with Crippen LogP contribution in [0.4, 0.5) is 0 Å². The number of fused-ring (bicyclic) bond motifs is 6. The van der Waals surface area contributed by atoms with E-state index in [4.69, 9.17) is 15.0 Å². The molecule has 1 aromatic heterocycles. The molecule has 7 aromatic rings. The second-order valence-electron chi connectivity index (χ2n) is 11.3. The van der Waals surface area contributed by atoms with Crippen LogP contribution in [-0.4, -0.2) is 15.0 Å². The van der Waals surface area contributed by atoms with Crippen molar-refractivity contribution in [3.63, 3.8) is 0 Å². The fourth-order valence-corrected chi connectivity index (χ4v) is 6.43. The van der Waals surface area contributed by atoms with Crippen LogP contribution in [0.25, 0.3) is 66.8 Å². The minimum atomic E-state index is -0.103. The summed E-state index contributed by atoms with van der Waals surface area (Å²) < 4.78 is 0. The average molecular weight is 526 g/mol. The molecule has 0 atom stereocenters. The van der Waals surface area contributed by atoms with Crippen LogP contribution in [0, 0.1) is 0 Å². The van der Waals surface area contributed by atoms with Gasteiger partial charge in [-0.3, -0.25) is 0 Å². The van der Waals surface area contributed by atoms with Gasteiger partial charge in [0.25, 0.3) is 0 Å². The van der Waals surface area contributed by atoms with Crippen molar-refractivity contribution in [3.05, 3.63) is 139 Å². The van der Waals surface area contributed by atoms with Gasteiger partial charge in [-0.1, -0.05) is 129 Å². The van der Waals surface area contributed by atoms with Crippen molar-refractivity contribution in [1.82, 2.24) is 15.0 Å². The number of hydrogen-bond acceptors (Lipinski definition) is 3. The van der Waals surface area contributed by atoms with Gasteiger partial charge in [-0.25, -0.2) is 15.0 Å². The molecule has 8 rings (SSSR count). The van der Waals surface area contributed by atoms with Crippen LogP contribution in [-0.2, 0) is 5.41 Å². The number of hydrogen-bond donors (Lipinski definition) is 0. The highest BCUT2D eigenvalue weighted by molar-refractivity contribution is 5.99. The predicted molar refractivity (Wildman–Crippen MR) is 169 cm³/mol. The Balaban J connectivity index is 1.35. The summed E-state index contributed by atoms with van der Waals surface area (Å²) in [5.74, 6) is 2.02. The SMILES string of the molecule is CC1(C)c2ccccc2-c2ccc3ccc(-c4nc(-c5ccccc5)nc(-c5ccc6ccccc6c5)n4)cc3c21.